The summed E-state index contributed by atoms with van der Waals surface area (Å²) in [6, 6.07) is 9.67. The molecule has 0 unspecified atom stereocenters. The van der Waals surface area contributed by atoms with Crippen molar-refractivity contribution in [1.82, 2.24) is 24.3 Å². The van der Waals surface area contributed by atoms with Crippen LogP contribution in [0.5, 0.6) is 5.75 Å². The van der Waals surface area contributed by atoms with Crippen molar-refractivity contribution in [3.05, 3.63) is 68.0 Å². The normalized spacial score (nSPS) is 13.5. The summed E-state index contributed by atoms with van der Waals surface area (Å²) in [5.41, 5.74) is 1.33. The highest BCUT2D eigenvalue weighted by Gasteiger charge is 2.26. The zero-order chi connectivity index (χ0) is 22.4. The van der Waals surface area contributed by atoms with E-state index in [1.165, 1.54) is 7.05 Å². The van der Waals surface area contributed by atoms with Gasteiger partial charge >= 0.3 is 5.69 Å². The van der Waals surface area contributed by atoms with Gasteiger partial charge in [-0.3, -0.25) is 19.0 Å². The third-order valence-corrected chi connectivity index (χ3v) is 5.94. The van der Waals surface area contributed by atoms with E-state index in [-0.39, 0.29) is 5.65 Å². The molecule has 2 N–H and O–H groups in total. The number of aromatic nitrogens is 5. The SMILES string of the molecule is COc1ccc(Cn2nc3[nH]c(=O)n(C)c(=O)c3c2-c2ccnc(NC3CC3)c2Cl)cc1. The molecule has 3 heterocycles. The Labute approximate surface area is 187 Å². The van der Waals surface area contributed by atoms with E-state index in [1.54, 1.807) is 24.1 Å². The molecule has 3 aromatic heterocycles. The lowest BCUT2D eigenvalue weighted by molar-refractivity contribution is 0.414. The largest absolute Gasteiger partial charge is 0.497 e. The van der Waals surface area contributed by atoms with Gasteiger partial charge in [-0.25, -0.2) is 9.78 Å². The van der Waals surface area contributed by atoms with Gasteiger partial charge in [-0.2, -0.15) is 5.10 Å². The van der Waals surface area contributed by atoms with E-state index in [4.69, 9.17) is 16.3 Å². The number of ether oxygens (including phenoxy) is 1. The number of anilines is 1. The lowest BCUT2D eigenvalue weighted by atomic mass is 10.1. The Balaban J connectivity index is 1.72. The number of hydrogen-bond donors (Lipinski definition) is 2. The zero-order valence-electron chi connectivity index (χ0n) is 17.6. The minimum absolute atomic E-state index is 0.214. The maximum atomic E-state index is 13.1. The molecule has 1 fully saturated rings. The summed E-state index contributed by atoms with van der Waals surface area (Å²) in [5.74, 6) is 1.31. The number of aromatic amines is 1. The quantitative estimate of drug-likeness (QED) is 0.466. The first-order valence-corrected chi connectivity index (χ1v) is 10.6. The predicted molar refractivity (Wildman–Crippen MR) is 123 cm³/mol. The lowest BCUT2D eigenvalue weighted by Crippen LogP contribution is -2.32. The van der Waals surface area contributed by atoms with Gasteiger partial charge in [0.2, 0.25) is 0 Å². The van der Waals surface area contributed by atoms with Gasteiger partial charge < -0.3 is 10.1 Å². The number of pyridine rings is 1. The van der Waals surface area contributed by atoms with Crippen molar-refractivity contribution in [3.8, 4) is 17.0 Å². The Hall–Kier alpha value is -3.59. The van der Waals surface area contributed by atoms with Crippen LogP contribution < -0.4 is 21.3 Å². The van der Waals surface area contributed by atoms with Crippen molar-refractivity contribution in [2.24, 2.45) is 7.05 Å². The molecule has 164 valence electrons. The molecule has 0 aliphatic heterocycles. The molecule has 5 rings (SSSR count). The van der Waals surface area contributed by atoms with Crippen LogP contribution >= 0.6 is 11.6 Å². The number of rotatable bonds is 6. The third-order valence-electron chi connectivity index (χ3n) is 5.55. The number of H-pyrrole nitrogens is 1. The van der Waals surface area contributed by atoms with Crippen molar-refractivity contribution in [3.63, 3.8) is 0 Å². The van der Waals surface area contributed by atoms with Gasteiger partial charge in [0.25, 0.3) is 5.56 Å². The second kappa shape index (κ2) is 7.83. The number of methoxy groups -OCH3 is 1. The van der Waals surface area contributed by atoms with Gasteiger partial charge in [-0.05, 0) is 36.6 Å². The fourth-order valence-electron chi connectivity index (χ4n) is 3.64. The van der Waals surface area contributed by atoms with E-state index in [0.717, 1.165) is 28.7 Å². The smallest absolute Gasteiger partial charge is 0.329 e. The minimum Gasteiger partial charge on any atom is -0.497 e. The molecule has 1 aliphatic carbocycles. The molecule has 1 aromatic carbocycles. The summed E-state index contributed by atoms with van der Waals surface area (Å²) < 4.78 is 7.95. The first-order valence-electron chi connectivity index (χ1n) is 10.2. The summed E-state index contributed by atoms with van der Waals surface area (Å²) in [7, 11) is 3.04. The third kappa shape index (κ3) is 3.54. The molecule has 9 nitrogen and oxygen atoms in total. The number of fused-ring (bicyclic) bond motifs is 1. The fraction of sp³-hybridized carbons (Fsp3) is 0.273. The number of benzene rings is 1. The predicted octanol–water partition coefficient (Wildman–Crippen LogP) is 2.77. The molecule has 10 heteroatoms. The van der Waals surface area contributed by atoms with Gasteiger partial charge in [0.05, 0.1) is 24.4 Å². The summed E-state index contributed by atoms with van der Waals surface area (Å²) in [4.78, 5) is 32.3. The van der Waals surface area contributed by atoms with Crippen LogP contribution in [0.2, 0.25) is 5.02 Å². The van der Waals surface area contributed by atoms with Crippen molar-refractivity contribution >= 4 is 28.5 Å². The summed E-state index contributed by atoms with van der Waals surface area (Å²) in [6.45, 7) is 0.364. The van der Waals surface area contributed by atoms with E-state index in [0.29, 0.717) is 40.1 Å². The van der Waals surface area contributed by atoms with Crippen LogP contribution in [0, 0.1) is 0 Å². The Kier molecular flexibility index (Phi) is 4.97. The topological polar surface area (TPSA) is 107 Å². The molecular weight excluding hydrogens is 432 g/mol. The number of halogens is 1. The second-order valence-corrected chi connectivity index (χ2v) is 8.19. The van der Waals surface area contributed by atoms with E-state index in [1.807, 2.05) is 24.3 Å². The van der Waals surface area contributed by atoms with E-state index < -0.39 is 11.2 Å². The van der Waals surface area contributed by atoms with Gasteiger partial charge in [0.1, 0.15) is 17.0 Å². The molecule has 0 saturated heterocycles. The molecular formula is C22H21ClN6O3. The van der Waals surface area contributed by atoms with Gasteiger partial charge in [-0.15, -0.1) is 0 Å². The number of nitrogens with zero attached hydrogens (tertiary/aromatic N) is 4. The van der Waals surface area contributed by atoms with Crippen molar-refractivity contribution in [2.45, 2.75) is 25.4 Å². The Bertz CT molecular complexity index is 1430. The molecule has 0 amide bonds. The molecule has 1 saturated carbocycles. The number of hydrogen-bond acceptors (Lipinski definition) is 6. The van der Waals surface area contributed by atoms with Gasteiger partial charge in [0, 0.05) is 24.8 Å². The standard InChI is InChI=1S/C22H21ClN6O3/c1-28-21(30)16-18(15-9-10-24-20(17(15)23)25-13-5-6-13)29(27-19(16)26-22(28)31)11-12-3-7-14(32-2)8-4-12/h3-4,7-10,13H,5-6,11H2,1-2H3,(H,24,25)(H,26,27,31). The fourth-order valence-corrected chi connectivity index (χ4v) is 3.89. The molecule has 0 atom stereocenters. The number of nitrogens with one attached hydrogen (secondary N) is 2. The van der Waals surface area contributed by atoms with Crippen LogP contribution in [-0.2, 0) is 13.6 Å². The van der Waals surface area contributed by atoms with Crippen LogP contribution in [-0.4, -0.2) is 37.5 Å². The maximum Gasteiger partial charge on any atom is 0.329 e. The minimum atomic E-state index is -0.528. The van der Waals surface area contributed by atoms with E-state index in [2.05, 4.69) is 20.4 Å². The second-order valence-electron chi connectivity index (χ2n) is 7.81. The highest BCUT2D eigenvalue weighted by molar-refractivity contribution is 6.36. The van der Waals surface area contributed by atoms with Crippen LogP contribution in [0.25, 0.3) is 22.3 Å². The molecule has 1 aliphatic rings. The van der Waals surface area contributed by atoms with E-state index in [9.17, 15) is 9.59 Å². The van der Waals surface area contributed by atoms with Gasteiger partial charge in [-0.1, -0.05) is 23.7 Å². The van der Waals surface area contributed by atoms with Crippen LogP contribution in [0.4, 0.5) is 5.82 Å². The van der Waals surface area contributed by atoms with Crippen molar-refractivity contribution in [1.29, 1.82) is 0 Å². The van der Waals surface area contributed by atoms with Crippen LogP contribution in [0.1, 0.15) is 18.4 Å². The van der Waals surface area contributed by atoms with Crippen molar-refractivity contribution in [2.75, 3.05) is 12.4 Å². The Morgan fingerprint density at radius 2 is 1.97 bits per heavy atom. The molecule has 4 aromatic rings. The highest BCUT2D eigenvalue weighted by atomic mass is 35.5. The zero-order valence-corrected chi connectivity index (χ0v) is 18.3. The lowest BCUT2D eigenvalue weighted by Gasteiger charge is -2.13. The summed E-state index contributed by atoms with van der Waals surface area (Å²) in [5, 5.41) is 8.58. The Morgan fingerprint density at radius 1 is 1.22 bits per heavy atom. The van der Waals surface area contributed by atoms with Crippen molar-refractivity contribution < 1.29 is 4.74 Å². The molecule has 0 radical (unpaired) electrons. The highest BCUT2D eigenvalue weighted by Crippen LogP contribution is 2.37. The molecule has 0 bridgehead atoms. The summed E-state index contributed by atoms with van der Waals surface area (Å²) in [6.07, 6.45) is 3.79. The first kappa shape index (κ1) is 20.3. The average molecular weight is 453 g/mol. The first-order chi connectivity index (χ1) is 15.5. The Morgan fingerprint density at radius 3 is 2.66 bits per heavy atom. The van der Waals surface area contributed by atoms with E-state index >= 15 is 0 Å². The summed E-state index contributed by atoms with van der Waals surface area (Å²) >= 11 is 6.75. The molecule has 32 heavy (non-hydrogen) atoms. The van der Waals surface area contributed by atoms with Crippen LogP contribution in [0.15, 0.2) is 46.1 Å². The maximum absolute atomic E-state index is 13.1. The monoisotopic (exact) mass is 452 g/mol. The average Bonchev–Trinajstić information content (AvgIpc) is 3.54. The molecule has 0 spiro atoms. The van der Waals surface area contributed by atoms with Crippen LogP contribution in [0.3, 0.4) is 0 Å². The van der Waals surface area contributed by atoms with Gasteiger partial charge in [0.15, 0.2) is 5.65 Å².